The molecule has 3 rings (SSSR count). The molecule has 1 atom stereocenters. The van der Waals surface area contributed by atoms with Crippen LogP contribution in [0.25, 0.3) is 11.0 Å². The number of aromatic nitrogens is 2. The van der Waals surface area contributed by atoms with Crippen LogP contribution in [0.2, 0.25) is 0 Å². The number of hydrogen-bond donors (Lipinski definition) is 3. The van der Waals surface area contributed by atoms with Crippen LogP contribution in [0.4, 0.5) is 11.4 Å². The van der Waals surface area contributed by atoms with E-state index in [0.717, 1.165) is 5.56 Å². The molecule has 3 N–H and O–H groups in total. The molecule has 0 bridgehead atoms. The Balaban J connectivity index is 1.99. The van der Waals surface area contributed by atoms with Gasteiger partial charge in [0.15, 0.2) is 5.69 Å². The highest BCUT2D eigenvalue weighted by molar-refractivity contribution is 6.11. The van der Waals surface area contributed by atoms with Gasteiger partial charge in [0, 0.05) is 38.1 Å². The monoisotopic (exact) mass is 468 g/mol. The zero-order chi connectivity index (χ0) is 24.5. The number of nitrogens with zero attached hydrogens (tertiary/aromatic N) is 2. The number of carbonyl (C=O) groups excluding carboxylic acids is 2. The number of amides is 1. The Morgan fingerprint density at radius 1 is 1.21 bits per heavy atom. The van der Waals surface area contributed by atoms with Crippen molar-refractivity contribution in [3.05, 3.63) is 53.9 Å². The van der Waals surface area contributed by atoms with Crippen LogP contribution in [-0.2, 0) is 27.2 Å². The molecule has 2 aromatic heterocycles. The molecule has 0 spiro atoms. The van der Waals surface area contributed by atoms with E-state index in [2.05, 4.69) is 15.6 Å². The van der Waals surface area contributed by atoms with Crippen LogP contribution < -0.4 is 10.6 Å². The molecule has 182 valence electrons. The fourth-order valence-corrected chi connectivity index (χ4v) is 3.79. The first kappa shape index (κ1) is 25.2. The number of pyridine rings is 1. The van der Waals surface area contributed by atoms with E-state index in [0.29, 0.717) is 48.4 Å². The Labute approximate surface area is 199 Å². The lowest BCUT2D eigenvalue weighted by Gasteiger charge is -2.14. The quantitative estimate of drug-likeness (QED) is 0.350. The van der Waals surface area contributed by atoms with Gasteiger partial charge >= 0.3 is 5.97 Å². The van der Waals surface area contributed by atoms with Crippen molar-refractivity contribution in [3.63, 3.8) is 0 Å². The van der Waals surface area contributed by atoms with Crippen LogP contribution in [0, 0.1) is 0 Å². The molecule has 1 amide bonds. The van der Waals surface area contributed by atoms with Gasteiger partial charge in [-0.05, 0) is 31.4 Å². The summed E-state index contributed by atoms with van der Waals surface area (Å²) in [6, 6.07) is 11.6. The number of esters is 1. The minimum absolute atomic E-state index is 0.0174. The highest BCUT2D eigenvalue weighted by atomic mass is 16.5. The van der Waals surface area contributed by atoms with Gasteiger partial charge in [0.25, 0.3) is 0 Å². The summed E-state index contributed by atoms with van der Waals surface area (Å²) in [5.41, 5.74) is 2.89. The van der Waals surface area contributed by atoms with Crippen LogP contribution in [0.3, 0.4) is 0 Å². The average Bonchev–Trinajstić information content (AvgIpc) is 3.14. The van der Waals surface area contributed by atoms with Crippen LogP contribution in [0.15, 0.2) is 42.6 Å². The second-order valence-electron chi connectivity index (χ2n) is 8.05. The predicted octanol–water partition coefficient (Wildman–Crippen LogP) is 3.22. The second kappa shape index (κ2) is 12.2. The van der Waals surface area contributed by atoms with Gasteiger partial charge in [-0.3, -0.25) is 4.79 Å². The lowest BCUT2D eigenvalue weighted by atomic mass is 10.1. The van der Waals surface area contributed by atoms with Crippen molar-refractivity contribution in [2.24, 2.45) is 0 Å². The maximum absolute atomic E-state index is 12.9. The Hall–Kier alpha value is -3.43. The average molecular weight is 469 g/mol. The number of rotatable bonds is 12. The first-order valence-corrected chi connectivity index (χ1v) is 11.3. The Kier molecular flexibility index (Phi) is 9.00. The zero-order valence-electron chi connectivity index (χ0n) is 19.8. The molecule has 0 unspecified atom stereocenters. The minimum Gasteiger partial charge on any atom is -0.464 e. The lowest BCUT2D eigenvalue weighted by Crippen LogP contribution is -2.18. The van der Waals surface area contributed by atoms with Crippen molar-refractivity contribution in [3.8, 4) is 0 Å². The molecule has 3 aromatic rings. The van der Waals surface area contributed by atoms with Gasteiger partial charge in [-0.1, -0.05) is 30.3 Å². The molecule has 0 aliphatic heterocycles. The number of hydrogen-bond acceptors (Lipinski definition) is 7. The molecule has 0 fully saturated rings. The summed E-state index contributed by atoms with van der Waals surface area (Å²) < 4.78 is 12.0. The third-order valence-electron chi connectivity index (χ3n) is 5.52. The fourth-order valence-electron chi connectivity index (χ4n) is 3.79. The molecular formula is C25H32N4O5. The van der Waals surface area contributed by atoms with E-state index in [4.69, 9.17) is 9.47 Å². The van der Waals surface area contributed by atoms with E-state index in [1.807, 2.05) is 43.3 Å². The molecule has 0 radical (unpaired) electrons. The van der Waals surface area contributed by atoms with Gasteiger partial charge in [-0.15, -0.1) is 0 Å². The van der Waals surface area contributed by atoms with Crippen molar-refractivity contribution in [2.75, 3.05) is 38.1 Å². The molecule has 34 heavy (non-hydrogen) atoms. The van der Waals surface area contributed by atoms with E-state index < -0.39 is 5.97 Å². The summed E-state index contributed by atoms with van der Waals surface area (Å²) in [7, 11) is 2.88. The molecular weight excluding hydrogens is 436 g/mol. The number of anilines is 2. The summed E-state index contributed by atoms with van der Waals surface area (Å²) in [5, 5.41) is 16.0. The Bertz CT molecular complexity index is 1110. The number of fused-ring (bicyclic) bond motifs is 1. The first-order chi connectivity index (χ1) is 16.5. The summed E-state index contributed by atoms with van der Waals surface area (Å²) in [6.07, 6.45) is 3.07. The SMILES string of the molecule is COCCn1c(C(=O)OC)c(NC(=O)CCc2ccccc2)c2cc(N[C@H](C)CCO)cnc21. The predicted molar refractivity (Wildman–Crippen MR) is 131 cm³/mol. The van der Waals surface area contributed by atoms with Crippen molar-refractivity contribution in [2.45, 2.75) is 38.8 Å². The van der Waals surface area contributed by atoms with E-state index in [1.54, 1.807) is 17.9 Å². The zero-order valence-corrected chi connectivity index (χ0v) is 19.8. The van der Waals surface area contributed by atoms with E-state index in [-0.39, 0.29) is 30.7 Å². The summed E-state index contributed by atoms with van der Waals surface area (Å²) in [6.45, 7) is 2.73. The number of nitrogens with one attached hydrogen (secondary N) is 2. The van der Waals surface area contributed by atoms with Crippen LogP contribution in [0.5, 0.6) is 0 Å². The number of aliphatic hydroxyl groups is 1. The normalized spacial score (nSPS) is 11.9. The Morgan fingerprint density at radius 2 is 1.97 bits per heavy atom. The number of methoxy groups -OCH3 is 2. The summed E-state index contributed by atoms with van der Waals surface area (Å²) in [4.78, 5) is 30.3. The number of carbonyl (C=O) groups is 2. The molecule has 9 nitrogen and oxygen atoms in total. The maximum atomic E-state index is 12.9. The third kappa shape index (κ3) is 6.12. The second-order valence-corrected chi connectivity index (χ2v) is 8.05. The van der Waals surface area contributed by atoms with Crippen LogP contribution >= 0.6 is 0 Å². The third-order valence-corrected chi connectivity index (χ3v) is 5.52. The van der Waals surface area contributed by atoms with Gasteiger partial charge < -0.3 is 29.8 Å². The van der Waals surface area contributed by atoms with Crippen molar-refractivity contribution < 1.29 is 24.2 Å². The summed E-state index contributed by atoms with van der Waals surface area (Å²) >= 11 is 0. The number of ether oxygens (including phenoxy) is 2. The van der Waals surface area contributed by atoms with E-state index in [1.165, 1.54) is 7.11 Å². The Morgan fingerprint density at radius 3 is 2.65 bits per heavy atom. The topological polar surface area (TPSA) is 115 Å². The fraction of sp³-hybridized carbons (Fsp3) is 0.400. The molecule has 0 saturated heterocycles. The molecule has 1 aromatic carbocycles. The molecule has 2 heterocycles. The lowest BCUT2D eigenvalue weighted by molar-refractivity contribution is -0.116. The van der Waals surface area contributed by atoms with Gasteiger partial charge in [-0.25, -0.2) is 9.78 Å². The van der Waals surface area contributed by atoms with Crippen molar-refractivity contribution in [1.29, 1.82) is 0 Å². The highest BCUT2D eigenvalue weighted by Gasteiger charge is 2.26. The molecule has 0 aliphatic rings. The van der Waals surface area contributed by atoms with Crippen LogP contribution in [0.1, 0.15) is 35.8 Å². The van der Waals surface area contributed by atoms with Gasteiger partial charge in [0.05, 0.1) is 31.3 Å². The van der Waals surface area contributed by atoms with Crippen molar-refractivity contribution >= 4 is 34.3 Å². The van der Waals surface area contributed by atoms with Crippen LogP contribution in [-0.4, -0.2) is 60.0 Å². The molecule has 9 heteroatoms. The van der Waals surface area contributed by atoms with Gasteiger partial charge in [-0.2, -0.15) is 0 Å². The summed E-state index contributed by atoms with van der Waals surface area (Å²) in [5.74, 6) is -0.789. The first-order valence-electron chi connectivity index (χ1n) is 11.3. The number of aryl methyl sites for hydroxylation is 1. The van der Waals surface area contributed by atoms with Gasteiger partial charge in [0.2, 0.25) is 5.91 Å². The molecule has 0 aliphatic carbocycles. The smallest absolute Gasteiger partial charge is 0.356 e. The minimum atomic E-state index is -0.573. The standard InChI is InChI=1S/C25H32N4O5/c1-17(11-13-30)27-19-15-20-22(28-21(31)10-9-18-7-5-4-6-8-18)23(25(32)34-3)29(12-14-33-2)24(20)26-16-19/h4-8,15-17,27,30H,9-14H2,1-3H3,(H,28,31)/t17-/m1/s1. The largest absolute Gasteiger partial charge is 0.464 e. The van der Waals surface area contributed by atoms with Crippen molar-refractivity contribution in [1.82, 2.24) is 9.55 Å². The number of aliphatic hydroxyl groups excluding tert-OH is 1. The maximum Gasteiger partial charge on any atom is 0.356 e. The number of benzene rings is 1. The highest BCUT2D eigenvalue weighted by Crippen LogP contribution is 2.33. The van der Waals surface area contributed by atoms with E-state index >= 15 is 0 Å². The van der Waals surface area contributed by atoms with Gasteiger partial charge in [0.1, 0.15) is 5.65 Å². The van der Waals surface area contributed by atoms with E-state index in [9.17, 15) is 14.7 Å². The molecule has 0 saturated carbocycles.